The summed E-state index contributed by atoms with van der Waals surface area (Å²) in [5, 5.41) is 0. The Labute approximate surface area is 263 Å². The van der Waals surface area contributed by atoms with Gasteiger partial charge in [-0.2, -0.15) is 0 Å². The van der Waals surface area contributed by atoms with E-state index in [0.29, 0.717) is 21.7 Å². The molecule has 0 saturated heterocycles. The summed E-state index contributed by atoms with van der Waals surface area (Å²) in [6.07, 6.45) is 28.9. The molecule has 0 heterocycles. The molecule has 4 saturated carbocycles. The summed E-state index contributed by atoms with van der Waals surface area (Å²) in [7, 11) is 0. The highest BCUT2D eigenvalue weighted by molar-refractivity contribution is 5.40. The van der Waals surface area contributed by atoms with Gasteiger partial charge in [-0.1, -0.05) is 76.3 Å². The van der Waals surface area contributed by atoms with Crippen molar-refractivity contribution in [2.45, 2.75) is 118 Å². The van der Waals surface area contributed by atoms with Crippen molar-refractivity contribution in [3.63, 3.8) is 0 Å². The van der Waals surface area contributed by atoms with Crippen LogP contribution in [0.15, 0.2) is 70.9 Å². The zero-order valence-corrected chi connectivity index (χ0v) is 27.9. The molecule has 0 N–H and O–H groups in total. The van der Waals surface area contributed by atoms with E-state index < -0.39 is 0 Å². The molecule has 8 aliphatic rings. The van der Waals surface area contributed by atoms with Crippen LogP contribution in [0.5, 0.6) is 0 Å². The molecule has 43 heavy (non-hydrogen) atoms. The van der Waals surface area contributed by atoms with Crippen molar-refractivity contribution in [2.75, 3.05) is 13.2 Å². The van der Waals surface area contributed by atoms with Gasteiger partial charge in [0.15, 0.2) is 0 Å². The number of rotatable bonds is 4. The first-order valence-corrected chi connectivity index (χ1v) is 18.3. The predicted molar refractivity (Wildman–Crippen MR) is 179 cm³/mol. The smallest absolute Gasteiger partial charge is 0.0684 e. The maximum atomic E-state index is 6.50. The van der Waals surface area contributed by atoms with Crippen molar-refractivity contribution in [2.24, 2.45) is 57.2 Å². The minimum absolute atomic E-state index is 0.363. The largest absolute Gasteiger partial charge is 0.373 e. The Hall–Kier alpha value is -1.60. The fraction of sp³-hybridized carbons (Fsp3) is 0.714. The van der Waals surface area contributed by atoms with Crippen LogP contribution in [0.2, 0.25) is 0 Å². The van der Waals surface area contributed by atoms with Crippen molar-refractivity contribution in [3.8, 4) is 0 Å². The summed E-state index contributed by atoms with van der Waals surface area (Å²) in [6.45, 7) is 21.0. The minimum atomic E-state index is 0.363. The van der Waals surface area contributed by atoms with Gasteiger partial charge in [0.25, 0.3) is 0 Å². The Morgan fingerprint density at radius 2 is 1.00 bits per heavy atom. The van der Waals surface area contributed by atoms with Gasteiger partial charge < -0.3 is 4.74 Å². The van der Waals surface area contributed by atoms with Crippen molar-refractivity contribution in [1.29, 1.82) is 0 Å². The average molecular weight is 579 g/mol. The molecule has 8 rings (SSSR count). The standard InChI is InChI=1S/C42H58O/c1-27-7-13-35-33-11-9-31-23-29(15-19-41(31,5)37(33)17-21-39(27,35)3)25-43-26-30-16-20-42(6)32(24-30)10-12-34-36-14-8-28(2)40(36,4)22-18-38(34)42/h9-10,23-24,33-38H,1-2,7-8,11-22,25-26H2,3-6H3/t33-,34-,35-,36-,37-,38-,39+,40+,41-,42-/m0/s1. The van der Waals surface area contributed by atoms with Crippen LogP contribution in [-0.4, -0.2) is 13.2 Å². The molecule has 8 aliphatic carbocycles. The second-order valence-electron chi connectivity index (χ2n) is 17.7. The highest BCUT2D eigenvalue weighted by Gasteiger charge is 2.57. The zero-order chi connectivity index (χ0) is 29.8. The Kier molecular flexibility index (Phi) is 6.67. The summed E-state index contributed by atoms with van der Waals surface area (Å²) in [5.74, 6) is 5.15. The van der Waals surface area contributed by atoms with E-state index in [9.17, 15) is 0 Å². The van der Waals surface area contributed by atoms with Crippen LogP contribution in [0, 0.1) is 57.2 Å². The van der Waals surface area contributed by atoms with E-state index in [1.54, 1.807) is 22.3 Å². The van der Waals surface area contributed by atoms with Crippen LogP contribution in [0.4, 0.5) is 0 Å². The van der Waals surface area contributed by atoms with E-state index in [-0.39, 0.29) is 0 Å². The van der Waals surface area contributed by atoms with Gasteiger partial charge in [-0.3, -0.25) is 0 Å². The summed E-state index contributed by atoms with van der Waals surface area (Å²) in [5.41, 5.74) is 11.0. The lowest BCUT2D eigenvalue weighted by molar-refractivity contribution is -0.00724. The molecule has 1 nitrogen and oxygen atoms in total. The van der Waals surface area contributed by atoms with Crippen molar-refractivity contribution in [3.05, 3.63) is 70.9 Å². The quantitative estimate of drug-likeness (QED) is 0.301. The van der Waals surface area contributed by atoms with Crippen LogP contribution in [0.3, 0.4) is 0 Å². The van der Waals surface area contributed by atoms with Crippen molar-refractivity contribution < 1.29 is 4.74 Å². The Morgan fingerprint density at radius 1 is 0.581 bits per heavy atom. The molecule has 0 amide bonds. The monoisotopic (exact) mass is 578 g/mol. The van der Waals surface area contributed by atoms with Gasteiger partial charge in [0.1, 0.15) is 0 Å². The number of allylic oxidation sites excluding steroid dienone is 8. The second-order valence-corrected chi connectivity index (χ2v) is 17.7. The first-order chi connectivity index (χ1) is 20.6. The maximum absolute atomic E-state index is 6.50. The minimum Gasteiger partial charge on any atom is -0.373 e. The number of hydrogen-bond donors (Lipinski definition) is 0. The van der Waals surface area contributed by atoms with E-state index >= 15 is 0 Å². The summed E-state index contributed by atoms with van der Waals surface area (Å²) < 4.78 is 6.50. The molecule has 10 atom stereocenters. The third kappa shape index (κ3) is 4.11. The summed E-state index contributed by atoms with van der Waals surface area (Å²) in [6, 6.07) is 0. The molecule has 232 valence electrons. The van der Waals surface area contributed by atoms with Gasteiger partial charge in [-0.05, 0) is 169 Å². The molecule has 0 unspecified atom stereocenters. The average Bonchev–Trinajstić information content (AvgIpc) is 3.47. The molecule has 0 aliphatic heterocycles. The van der Waals surface area contributed by atoms with Gasteiger partial charge >= 0.3 is 0 Å². The Bertz CT molecular complexity index is 1250. The van der Waals surface area contributed by atoms with E-state index in [0.717, 1.165) is 48.7 Å². The van der Waals surface area contributed by atoms with E-state index in [1.165, 1.54) is 101 Å². The second kappa shape index (κ2) is 9.95. The Morgan fingerprint density at radius 3 is 1.44 bits per heavy atom. The van der Waals surface area contributed by atoms with Gasteiger partial charge in [-0.15, -0.1) is 0 Å². The normalized spacial score (nSPS) is 48.5. The fourth-order valence-electron chi connectivity index (χ4n) is 13.1. The highest BCUT2D eigenvalue weighted by Crippen LogP contribution is 2.67. The third-order valence-electron chi connectivity index (χ3n) is 16.2. The van der Waals surface area contributed by atoms with Crippen molar-refractivity contribution in [1.82, 2.24) is 0 Å². The molecule has 0 aromatic heterocycles. The van der Waals surface area contributed by atoms with Gasteiger partial charge in [0, 0.05) is 0 Å². The zero-order valence-electron chi connectivity index (χ0n) is 27.9. The van der Waals surface area contributed by atoms with E-state index in [4.69, 9.17) is 4.74 Å². The van der Waals surface area contributed by atoms with E-state index in [1.807, 2.05) is 0 Å². The molecule has 0 radical (unpaired) electrons. The number of ether oxygens (including phenoxy) is 1. The molecular formula is C42H58O. The maximum Gasteiger partial charge on any atom is 0.0684 e. The topological polar surface area (TPSA) is 9.23 Å². The molecule has 0 aromatic carbocycles. The third-order valence-corrected chi connectivity index (χ3v) is 16.2. The summed E-state index contributed by atoms with van der Waals surface area (Å²) >= 11 is 0. The van der Waals surface area contributed by atoms with E-state index in [2.05, 4.69) is 65.2 Å². The van der Waals surface area contributed by atoms with Gasteiger partial charge in [-0.25, -0.2) is 0 Å². The van der Waals surface area contributed by atoms with Crippen LogP contribution >= 0.6 is 0 Å². The molecule has 0 bridgehead atoms. The highest BCUT2D eigenvalue weighted by atomic mass is 16.5. The lowest BCUT2D eigenvalue weighted by Crippen LogP contribution is -2.48. The first-order valence-electron chi connectivity index (χ1n) is 18.3. The van der Waals surface area contributed by atoms with Crippen LogP contribution in [-0.2, 0) is 4.74 Å². The number of hydrogen-bond acceptors (Lipinski definition) is 1. The molecule has 4 fully saturated rings. The molecule has 0 aromatic rings. The van der Waals surface area contributed by atoms with Gasteiger partial charge in [0.05, 0.1) is 13.2 Å². The first kappa shape index (κ1) is 28.8. The van der Waals surface area contributed by atoms with Crippen LogP contribution in [0.25, 0.3) is 0 Å². The van der Waals surface area contributed by atoms with Crippen molar-refractivity contribution >= 4 is 0 Å². The molecule has 1 heteroatoms. The molecule has 0 spiro atoms. The Balaban J connectivity index is 0.920. The SMILES string of the molecule is C=C1CC[C@H]2[C@@H]3CC=C4C=C(COCC5=CC6=CC[C@@H]7[C@H](CC[C@]8(C)C(=C)CC[C@@H]78)[C@@]6(C)CC5)CC[C@]4(C)[C@H]3CC[C@]12C. The summed E-state index contributed by atoms with van der Waals surface area (Å²) in [4.78, 5) is 0. The van der Waals surface area contributed by atoms with Gasteiger partial charge in [0.2, 0.25) is 0 Å². The predicted octanol–water partition coefficient (Wildman–Crippen LogP) is 11.1. The lowest BCUT2D eigenvalue weighted by Gasteiger charge is -2.56. The lowest BCUT2D eigenvalue weighted by atomic mass is 9.48. The molecular weight excluding hydrogens is 520 g/mol. The van der Waals surface area contributed by atoms with Crippen LogP contribution in [0.1, 0.15) is 118 Å². The van der Waals surface area contributed by atoms with Crippen LogP contribution < -0.4 is 0 Å². The number of fused-ring (bicyclic) bond motifs is 10. The fourth-order valence-corrected chi connectivity index (χ4v) is 13.1.